The second kappa shape index (κ2) is 8.49. The third-order valence-electron chi connectivity index (χ3n) is 5.44. The highest BCUT2D eigenvalue weighted by molar-refractivity contribution is 7.89. The lowest BCUT2D eigenvalue weighted by Gasteiger charge is -2.19. The van der Waals surface area contributed by atoms with Gasteiger partial charge in [-0.2, -0.15) is 4.31 Å². The SMILES string of the molecule is CCN(CC)S(=O)(=O)c1ccc(-n2c(-c3ccccc3)cc3ccccc3c2=O)cc1. The number of pyridine rings is 1. The average molecular weight is 433 g/mol. The number of benzene rings is 3. The lowest BCUT2D eigenvalue weighted by atomic mass is 10.1. The van der Waals surface area contributed by atoms with Crippen molar-refractivity contribution in [1.82, 2.24) is 8.87 Å². The number of fused-ring (bicyclic) bond motifs is 1. The number of hydrogen-bond acceptors (Lipinski definition) is 3. The van der Waals surface area contributed by atoms with Gasteiger partial charge in [-0.3, -0.25) is 9.36 Å². The quantitative estimate of drug-likeness (QED) is 0.444. The van der Waals surface area contributed by atoms with Gasteiger partial charge >= 0.3 is 0 Å². The summed E-state index contributed by atoms with van der Waals surface area (Å²) in [6.07, 6.45) is 0. The fraction of sp³-hybridized carbons (Fsp3) is 0.160. The molecule has 4 aromatic rings. The normalized spacial score (nSPS) is 11.8. The summed E-state index contributed by atoms with van der Waals surface area (Å²) < 4.78 is 28.7. The molecule has 0 saturated heterocycles. The highest BCUT2D eigenvalue weighted by Gasteiger charge is 2.22. The monoisotopic (exact) mass is 432 g/mol. The first-order valence-electron chi connectivity index (χ1n) is 10.3. The molecule has 0 saturated carbocycles. The summed E-state index contributed by atoms with van der Waals surface area (Å²) in [5.41, 5.74) is 2.14. The van der Waals surface area contributed by atoms with Crippen LogP contribution < -0.4 is 5.56 Å². The molecule has 0 aliphatic carbocycles. The summed E-state index contributed by atoms with van der Waals surface area (Å²) >= 11 is 0. The molecule has 4 rings (SSSR count). The average Bonchev–Trinajstić information content (AvgIpc) is 2.80. The molecule has 0 atom stereocenters. The van der Waals surface area contributed by atoms with Crippen molar-refractivity contribution < 1.29 is 8.42 Å². The zero-order chi connectivity index (χ0) is 22.0. The molecule has 0 amide bonds. The largest absolute Gasteiger partial charge is 0.276 e. The predicted octanol–water partition coefficient (Wildman–Crippen LogP) is 4.69. The van der Waals surface area contributed by atoms with Crippen LogP contribution in [0.15, 0.2) is 94.6 Å². The maximum absolute atomic E-state index is 13.4. The first kappa shape index (κ1) is 21.0. The summed E-state index contributed by atoms with van der Waals surface area (Å²) in [6, 6.07) is 25.7. The molecule has 31 heavy (non-hydrogen) atoms. The van der Waals surface area contributed by atoms with Gasteiger partial charge in [0.05, 0.1) is 10.6 Å². The van der Waals surface area contributed by atoms with E-state index in [0.717, 1.165) is 16.6 Å². The molecule has 0 aliphatic heterocycles. The summed E-state index contributed by atoms with van der Waals surface area (Å²) in [5.74, 6) is 0. The smallest absolute Gasteiger partial charge is 0.263 e. The molecule has 0 radical (unpaired) electrons. The molecule has 1 heterocycles. The van der Waals surface area contributed by atoms with Crippen LogP contribution in [-0.4, -0.2) is 30.4 Å². The summed E-state index contributed by atoms with van der Waals surface area (Å²) in [4.78, 5) is 13.7. The third-order valence-corrected chi connectivity index (χ3v) is 7.50. The van der Waals surface area contributed by atoms with Gasteiger partial charge in [0, 0.05) is 24.2 Å². The van der Waals surface area contributed by atoms with E-state index in [4.69, 9.17) is 0 Å². The van der Waals surface area contributed by atoms with Crippen molar-refractivity contribution in [3.63, 3.8) is 0 Å². The van der Waals surface area contributed by atoms with E-state index in [2.05, 4.69) is 0 Å². The number of aromatic nitrogens is 1. The van der Waals surface area contributed by atoms with Gasteiger partial charge in [0.25, 0.3) is 5.56 Å². The Morgan fingerprint density at radius 2 is 1.42 bits per heavy atom. The Hall–Kier alpha value is -3.22. The minimum atomic E-state index is -3.56. The molecule has 0 spiro atoms. The third kappa shape index (κ3) is 3.80. The Kier molecular flexibility index (Phi) is 5.76. The Bertz CT molecular complexity index is 1370. The Morgan fingerprint density at radius 1 is 0.806 bits per heavy atom. The molecular formula is C25H24N2O3S. The van der Waals surface area contributed by atoms with Crippen molar-refractivity contribution >= 4 is 20.8 Å². The van der Waals surface area contributed by atoms with E-state index < -0.39 is 10.0 Å². The van der Waals surface area contributed by atoms with Crippen LogP contribution in [0.3, 0.4) is 0 Å². The van der Waals surface area contributed by atoms with Crippen LogP contribution in [-0.2, 0) is 10.0 Å². The molecule has 158 valence electrons. The van der Waals surface area contributed by atoms with E-state index in [9.17, 15) is 13.2 Å². The van der Waals surface area contributed by atoms with Gasteiger partial charge in [-0.1, -0.05) is 62.4 Å². The second-order valence-electron chi connectivity index (χ2n) is 7.21. The second-order valence-corrected chi connectivity index (χ2v) is 9.14. The standard InChI is InChI=1S/C25H24N2O3S/c1-3-26(4-2)31(29,30)22-16-14-21(15-17-22)27-24(19-10-6-5-7-11-19)18-20-12-8-9-13-23(20)25(27)28/h5-18H,3-4H2,1-2H3. The number of nitrogens with zero attached hydrogens (tertiary/aromatic N) is 2. The van der Waals surface area contributed by atoms with Gasteiger partial charge in [0.2, 0.25) is 10.0 Å². The van der Waals surface area contributed by atoms with Crippen LogP contribution in [0.5, 0.6) is 0 Å². The van der Waals surface area contributed by atoms with E-state index in [0.29, 0.717) is 24.2 Å². The van der Waals surface area contributed by atoms with Crippen LogP contribution in [0.25, 0.3) is 27.7 Å². The number of rotatable bonds is 6. The van der Waals surface area contributed by atoms with Crippen molar-refractivity contribution in [3.8, 4) is 16.9 Å². The van der Waals surface area contributed by atoms with Gasteiger partial charge in [0.1, 0.15) is 0 Å². The van der Waals surface area contributed by atoms with Crippen molar-refractivity contribution in [2.75, 3.05) is 13.1 Å². The summed E-state index contributed by atoms with van der Waals surface area (Å²) in [6.45, 7) is 4.44. The van der Waals surface area contributed by atoms with Crippen LogP contribution in [0.4, 0.5) is 0 Å². The fourth-order valence-corrected chi connectivity index (χ4v) is 5.27. The predicted molar refractivity (Wildman–Crippen MR) is 125 cm³/mol. The van der Waals surface area contributed by atoms with Crippen LogP contribution in [0, 0.1) is 0 Å². The van der Waals surface area contributed by atoms with Gasteiger partial charge in [-0.15, -0.1) is 0 Å². The Morgan fingerprint density at radius 3 is 2.06 bits per heavy atom. The Balaban J connectivity index is 1.92. The molecule has 6 heteroatoms. The van der Waals surface area contributed by atoms with E-state index in [1.807, 2.05) is 74.5 Å². The molecule has 0 bridgehead atoms. The van der Waals surface area contributed by atoms with Gasteiger partial charge < -0.3 is 0 Å². The van der Waals surface area contributed by atoms with Crippen molar-refractivity contribution in [1.29, 1.82) is 0 Å². The molecule has 3 aromatic carbocycles. The van der Waals surface area contributed by atoms with E-state index in [-0.39, 0.29) is 10.5 Å². The van der Waals surface area contributed by atoms with Crippen LogP contribution >= 0.6 is 0 Å². The lowest BCUT2D eigenvalue weighted by Crippen LogP contribution is -2.30. The molecular weight excluding hydrogens is 408 g/mol. The van der Waals surface area contributed by atoms with E-state index in [1.54, 1.807) is 28.8 Å². The van der Waals surface area contributed by atoms with Crippen LogP contribution in [0.2, 0.25) is 0 Å². The maximum atomic E-state index is 13.4. The first-order valence-corrected chi connectivity index (χ1v) is 11.7. The highest BCUT2D eigenvalue weighted by atomic mass is 32.2. The molecule has 1 aromatic heterocycles. The van der Waals surface area contributed by atoms with Crippen molar-refractivity contribution in [3.05, 3.63) is 95.3 Å². The highest BCUT2D eigenvalue weighted by Crippen LogP contribution is 2.26. The van der Waals surface area contributed by atoms with E-state index >= 15 is 0 Å². The molecule has 0 N–H and O–H groups in total. The molecule has 0 unspecified atom stereocenters. The number of hydrogen-bond donors (Lipinski definition) is 0. The van der Waals surface area contributed by atoms with Gasteiger partial charge in [-0.05, 0) is 47.3 Å². The lowest BCUT2D eigenvalue weighted by molar-refractivity contribution is 0.445. The minimum Gasteiger partial charge on any atom is -0.276 e. The zero-order valence-electron chi connectivity index (χ0n) is 17.5. The first-order chi connectivity index (χ1) is 15.0. The zero-order valence-corrected chi connectivity index (χ0v) is 18.3. The van der Waals surface area contributed by atoms with Crippen molar-refractivity contribution in [2.45, 2.75) is 18.7 Å². The summed E-state index contributed by atoms with van der Waals surface area (Å²) in [7, 11) is -3.56. The molecule has 0 aliphatic rings. The van der Waals surface area contributed by atoms with E-state index in [1.165, 1.54) is 4.31 Å². The van der Waals surface area contributed by atoms with Crippen LogP contribution in [0.1, 0.15) is 13.8 Å². The molecule has 0 fully saturated rings. The minimum absolute atomic E-state index is 0.142. The topological polar surface area (TPSA) is 59.4 Å². The molecule has 5 nitrogen and oxygen atoms in total. The number of sulfonamides is 1. The van der Waals surface area contributed by atoms with Gasteiger partial charge in [-0.25, -0.2) is 8.42 Å². The Labute approximate surface area is 182 Å². The maximum Gasteiger partial charge on any atom is 0.263 e. The fourth-order valence-electron chi connectivity index (χ4n) is 3.82. The van der Waals surface area contributed by atoms with Gasteiger partial charge in [0.15, 0.2) is 0 Å². The van der Waals surface area contributed by atoms with Crippen molar-refractivity contribution in [2.24, 2.45) is 0 Å². The summed E-state index contributed by atoms with van der Waals surface area (Å²) in [5, 5.41) is 1.48.